The van der Waals surface area contributed by atoms with Crippen molar-refractivity contribution in [2.24, 2.45) is 0 Å². The minimum Gasteiger partial charge on any atom is -0.465 e. The second-order valence-corrected chi connectivity index (χ2v) is 2.78. The molecule has 14 heavy (non-hydrogen) atoms. The number of nitrogens with zero attached hydrogens (tertiary/aromatic N) is 2. The van der Waals surface area contributed by atoms with Crippen molar-refractivity contribution in [3.05, 3.63) is 28.2 Å². The maximum Gasteiger partial charge on any atom is 0.327 e. The van der Waals surface area contributed by atoms with E-state index in [2.05, 4.69) is 5.10 Å². The number of carbonyl (C=O) groups excluding carboxylic acids is 1. The number of rotatable bonds is 3. The van der Waals surface area contributed by atoms with Gasteiger partial charge in [-0.05, 0) is 19.9 Å². The van der Waals surface area contributed by atoms with Crippen LogP contribution in [0.4, 0.5) is 0 Å². The van der Waals surface area contributed by atoms with Crippen LogP contribution < -0.4 is 5.56 Å². The van der Waals surface area contributed by atoms with Crippen molar-refractivity contribution in [3.63, 3.8) is 0 Å². The highest BCUT2D eigenvalue weighted by atomic mass is 16.5. The van der Waals surface area contributed by atoms with Crippen LogP contribution in [0.5, 0.6) is 0 Å². The summed E-state index contributed by atoms with van der Waals surface area (Å²) in [4.78, 5) is 22.3. The molecule has 0 unspecified atom stereocenters. The van der Waals surface area contributed by atoms with Crippen LogP contribution in [0.15, 0.2) is 16.9 Å². The van der Waals surface area contributed by atoms with Crippen molar-refractivity contribution in [2.45, 2.75) is 20.4 Å². The van der Waals surface area contributed by atoms with E-state index in [1.807, 2.05) is 0 Å². The number of esters is 1. The zero-order valence-electron chi connectivity index (χ0n) is 8.19. The Bertz CT molecular complexity index is 384. The molecular weight excluding hydrogens is 184 g/mol. The highest BCUT2D eigenvalue weighted by molar-refractivity contribution is 5.68. The second-order valence-electron chi connectivity index (χ2n) is 2.78. The fourth-order valence-electron chi connectivity index (χ4n) is 0.993. The summed E-state index contributed by atoms with van der Waals surface area (Å²) in [6.07, 6.45) is 0. The van der Waals surface area contributed by atoms with Gasteiger partial charge in [0.1, 0.15) is 6.54 Å². The maximum atomic E-state index is 11.2. The van der Waals surface area contributed by atoms with Crippen LogP contribution >= 0.6 is 0 Å². The SMILES string of the molecule is CCOC(=O)Cn1nc(C)ccc1=O. The molecule has 76 valence electrons. The zero-order chi connectivity index (χ0) is 10.6. The van der Waals surface area contributed by atoms with E-state index in [1.54, 1.807) is 19.9 Å². The van der Waals surface area contributed by atoms with Crippen molar-refractivity contribution in [1.82, 2.24) is 9.78 Å². The Balaban J connectivity index is 2.81. The van der Waals surface area contributed by atoms with Crippen LogP contribution in [0.25, 0.3) is 0 Å². The topological polar surface area (TPSA) is 61.2 Å². The summed E-state index contributed by atoms with van der Waals surface area (Å²) in [6, 6.07) is 2.98. The first-order valence-corrected chi connectivity index (χ1v) is 4.34. The maximum absolute atomic E-state index is 11.2. The summed E-state index contributed by atoms with van der Waals surface area (Å²) in [5.41, 5.74) is 0.387. The molecule has 0 amide bonds. The second kappa shape index (κ2) is 4.55. The van der Waals surface area contributed by atoms with E-state index in [-0.39, 0.29) is 12.1 Å². The van der Waals surface area contributed by atoms with Crippen molar-refractivity contribution >= 4 is 5.97 Å². The first-order valence-electron chi connectivity index (χ1n) is 4.34. The average molecular weight is 196 g/mol. The average Bonchev–Trinajstić information content (AvgIpc) is 2.12. The van der Waals surface area contributed by atoms with E-state index < -0.39 is 5.97 Å². The van der Waals surface area contributed by atoms with Crippen LogP contribution in [0, 0.1) is 6.92 Å². The summed E-state index contributed by atoms with van der Waals surface area (Å²) in [5, 5.41) is 3.90. The molecule has 0 aromatic carbocycles. The molecule has 0 radical (unpaired) electrons. The number of hydrogen-bond acceptors (Lipinski definition) is 4. The molecule has 0 aliphatic rings. The summed E-state index contributed by atoms with van der Waals surface area (Å²) in [5.74, 6) is -0.451. The van der Waals surface area contributed by atoms with E-state index in [0.717, 1.165) is 4.68 Å². The van der Waals surface area contributed by atoms with Gasteiger partial charge in [0.05, 0.1) is 12.3 Å². The summed E-state index contributed by atoms with van der Waals surface area (Å²) >= 11 is 0. The van der Waals surface area contributed by atoms with E-state index in [9.17, 15) is 9.59 Å². The third-order valence-electron chi connectivity index (χ3n) is 1.58. The Labute approximate surface area is 81.3 Å². The molecule has 1 aromatic rings. The van der Waals surface area contributed by atoms with Gasteiger partial charge in [-0.3, -0.25) is 9.59 Å². The minimum absolute atomic E-state index is 0.131. The Morgan fingerprint density at radius 1 is 1.57 bits per heavy atom. The molecular formula is C9H12N2O3. The van der Waals surface area contributed by atoms with E-state index in [1.165, 1.54) is 6.07 Å². The van der Waals surface area contributed by atoms with Gasteiger partial charge in [0.25, 0.3) is 5.56 Å². The fraction of sp³-hybridized carbons (Fsp3) is 0.444. The summed E-state index contributed by atoms with van der Waals surface area (Å²) in [7, 11) is 0. The summed E-state index contributed by atoms with van der Waals surface area (Å²) in [6.45, 7) is 3.64. The molecule has 0 N–H and O–H groups in total. The third kappa shape index (κ3) is 2.69. The summed E-state index contributed by atoms with van der Waals surface area (Å²) < 4.78 is 5.79. The molecule has 0 atom stereocenters. The Morgan fingerprint density at radius 3 is 2.93 bits per heavy atom. The molecule has 0 aliphatic heterocycles. The third-order valence-corrected chi connectivity index (χ3v) is 1.58. The van der Waals surface area contributed by atoms with Crippen LogP contribution in [0.2, 0.25) is 0 Å². The van der Waals surface area contributed by atoms with E-state index >= 15 is 0 Å². The van der Waals surface area contributed by atoms with Gasteiger partial charge in [0, 0.05) is 6.07 Å². The number of carbonyl (C=O) groups is 1. The molecule has 0 fully saturated rings. The Hall–Kier alpha value is -1.65. The molecule has 5 nitrogen and oxygen atoms in total. The van der Waals surface area contributed by atoms with Crippen LogP contribution in [-0.4, -0.2) is 22.4 Å². The predicted octanol–water partition coefficient (Wildman–Crippen LogP) is 0.115. The van der Waals surface area contributed by atoms with Crippen LogP contribution in [-0.2, 0) is 16.1 Å². The van der Waals surface area contributed by atoms with Gasteiger partial charge in [0.2, 0.25) is 0 Å². The molecule has 1 aromatic heterocycles. The standard InChI is InChI=1S/C9H12N2O3/c1-3-14-9(13)6-11-8(12)5-4-7(2)10-11/h4-5H,3,6H2,1-2H3. The highest BCUT2D eigenvalue weighted by Crippen LogP contribution is 1.87. The van der Waals surface area contributed by atoms with Gasteiger partial charge < -0.3 is 4.74 Å². The fourth-order valence-corrected chi connectivity index (χ4v) is 0.993. The number of hydrogen-bond donors (Lipinski definition) is 0. The van der Waals surface area contributed by atoms with Crippen LogP contribution in [0.1, 0.15) is 12.6 Å². The quantitative estimate of drug-likeness (QED) is 0.644. The molecule has 0 aliphatic carbocycles. The van der Waals surface area contributed by atoms with Gasteiger partial charge in [-0.1, -0.05) is 0 Å². The molecule has 0 saturated carbocycles. The van der Waals surface area contributed by atoms with Gasteiger partial charge >= 0.3 is 5.97 Å². The Kier molecular flexibility index (Phi) is 3.39. The first kappa shape index (κ1) is 10.4. The lowest BCUT2D eigenvalue weighted by atomic mass is 10.4. The molecule has 0 bridgehead atoms. The number of aryl methyl sites for hydroxylation is 1. The zero-order valence-corrected chi connectivity index (χ0v) is 8.19. The van der Waals surface area contributed by atoms with Gasteiger partial charge in [-0.2, -0.15) is 5.10 Å². The molecule has 0 saturated heterocycles. The van der Waals surface area contributed by atoms with E-state index in [4.69, 9.17) is 4.74 Å². The predicted molar refractivity (Wildman–Crippen MR) is 49.9 cm³/mol. The number of ether oxygens (including phenoxy) is 1. The monoisotopic (exact) mass is 196 g/mol. The van der Waals surface area contributed by atoms with Crippen molar-refractivity contribution in [3.8, 4) is 0 Å². The van der Waals surface area contributed by atoms with Crippen LogP contribution in [0.3, 0.4) is 0 Å². The number of aromatic nitrogens is 2. The lowest BCUT2D eigenvalue weighted by Crippen LogP contribution is -2.27. The smallest absolute Gasteiger partial charge is 0.327 e. The van der Waals surface area contributed by atoms with Crippen molar-refractivity contribution in [1.29, 1.82) is 0 Å². The first-order chi connectivity index (χ1) is 6.63. The largest absolute Gasteiger partial charge is 0.465 e. The van der Waals surface area contributed by atoms with Gasteiger partial charge in [-0.15, -0.1) is 0 Å². The highest BCUT2D eigenvalue weighted by Gasteiger charge is 2.05. The van der Waals surface area contributed by atoms with Crippen molar-refractivity contribution in [2.75, 3.05) is 6.61 Å². The van der Waals surface area contributed by atoms with Gasteiger partial charge in [-0.25, -0.2) is 4.68 Å². The minimum atomic E-state index is -0.451. The molecule has 1 heterocycles. The molecule has 1 rings (SSSR count). The van der Waals surface area contributed by atoms with Crippen molar-refractivity contribution < 1.29 is 9.53 Å². The normalized spacial score (nSPS) is 9.86. The Morgan fingerprint density at radius 2 is 2.29 bits per heavy atom. The molecule has 0 spiro atoms. The van der Waals surface area contributed by atoms with Gasteiger partial charge in [0.15, 0.2) is 0 Å². The lowest BCUT2D eigenvalue weighted by molar-refractivity contribution is -0.144. The van der Waals surface area contributed by atoms with E-state index in [0.29, 0.717) is 12.3 Å². The lowest BCUT2D eigenvalue weighted by Gasteiger charge is -2.04. The molecule has 5 heteroatoms.